The highest BCUT2D eigenvalue weighted by atomic mass is 35.5. The first-order valence-electron chi connectivity index (χ1n) is 6.64. The largest absolute Gasteiger partial charge is 0.365 e. The monoisotopic (exact) mass is 301 g/mol. The SMILES string of the molecule is CCN(CC1CCCN1)c1cc(Cl)c(F)cc1[N+](=O)[O-]. The second-order valence-corrected chi connectivity index (χ2v) is 5.25. The lowest BCUT2D eigenvalue weighted by Crippen LogP contribution is -2.37. The Morgan fingerprint density at radius 1 is 1.60 bits per heavy atom. The fourth-order valence-electron chi connectivity index (χ4n) is 2.50. The number of anilines is 1. The van der Waals surface area contributed by atoms with Crippen molar-refractivity contribution in [3.8, 4) is 0 Å². The summed E-state index contributed by atoms with van der Waals surface area (Å²) in [7, 11) is 0. The van der Waals surface area contributed by atoms with Crippen LogP contribution in [0, 0.1) is 15.9 Å². The Hall–Kier alpha value is -1.40. The highest BCUT2D eigenvalue weighted by Gasteiger charge is 2.24. The average Bonchev–Trinajstić information content (AvgIpc) is 2.91. The Morgan fingerprint density at radius 2 is 2.35 bits per heavy atom. The molecule has 0 aliphatic carbocycles. The molecule has 1 fully saturated rings. The smallest absolute Gasteiger partial charge is 0.295 e. The maximum absolute atomic E-state index is 13.4. The van der Waals surface area contributed by atoms with Crippen molar-refractivity contribution in [2.75, 3.05) is 24.5 Å². The van der Waals surface area contributed by atoms with Crippen LogP contribution in [0.4, 0.5) is 15.8 Å². The lowest BCUT2D eigenvalue weighted by molar-refractivity contribution is -0.384. The highest BCUT2D eigenvalue weighted by Crippen LogP contribution is 2.33. The third-order valence-corrected chi connectivity index (χ3v) is 3.83. The number of rotatable bonds is 5. The second-order valence-electron chi connectivity index (χ2n) is 4.84. The van der Waals surface area contributed by atoms with Crippen LogP contribution in [0.15, 0.2) is 12.1 Å². The van der Waals surface area contributed by atoms with Gasteiger partial charge in [0.05, 0.1) is 16.0 Å². The molecule has 1 heterocycles. The van der Waals surface area contributed by atoms with Crippen molar-refractivity contribution in [1.29, 1.82) is 0 Å². The molecule has 2 rings (SSSR count). The first kappa shape index (κ1) is 15.0. The fraction of sp³-hybridized carbons (Fsp3) is 0.538. The van der Waals surface area contributed by atoms with Crippen molar-refractivity contribution in [1.82, 2.24) is 5.32 Å². The minimum absolute atomic E-state index is 0.0940. The summed E-state index contributed by atoms with van der Waals surface area (Å²) in [6.45, 7) is 4.13. The predicted octanol–water partition coefficient (Wildman–Crippen LogP) is 2.97. The number of nitrogens with zero attached hydrogens (tertiary/aromatic N) is 2. The highest BCUT2D eigenvalue weighted by molar-refractivity contribution is 6.31. The van der Waals surface area contributed by atoms with Crippen molar-refractivity contribution in [3.63, 3.8) is 0 Å². The standard InChI is InChI=1S/C13H17ClFN3O2/c1-2-17(8-9-4-3-5-16-9)12-6-10(14)11(15)7-13(12)18(19)20/h6-7,9,16H,2-5,8H2,1H3. The number of nitro benzene ring substituents is 1. The van der Waals surface area contributed by atoms with E-state index in [0.717, 1.165) is 25.5 Å². The molecule has 1 aliphatic heterocycles. The van der Waals surface area contributed by atoms with Gasteiger partial charge in [-0.15, -0.1) is 0 Å². The Balaban J connectivity index is 2.31. The first-order chi connectivity index (χ1) is 9.52. The summed E-state index contributed by atoms with van der Waals surface area (Å²) < 4.78 is 13.4. The Morgan fingerprint density at radius 3 is 2.90 bits per heavy atom. The molecule has 1 N–H and O–H groups in total. The van der Waals surface area contributed by atoms with Gasteiger partial charge in [0.1, 0.15) is 11.5 Å². The summed E-state index contributed by atoms with van der Waals surface area (Å²) in [6, 6.07) is 2.54. The minimum atomic E-state index is -0.767. The third-order valence-electron chi connectivity index (χ3n) is 3.54. The first-order valence-corrected chi connectivity index (χ1v) is 7.02. The van der Waals surface area contributed by atoms with E-state index < -0.39 is 10.7 Å². The molecule has 0 bridgehead atoms. The van der Waals surface area contributed by atoms with Crippen LogP contribution in [0.25, 0.3) is 0 Å². The van der Waals surface area contributed by atoms with E-state index in [-0.39, 0.29) is 10.7 Å². The molecule has 1 atom stereocenters. The molecule has 0 amide bonds. The molecular weight excluding hydrogens is 285 g/mol. The van der Waals surface area contributed by atoms with Gasteiger partial charge in [-0.05, 0) is 32.4 Å². The van der Waals surface area contributed by atoms with E-state index in [0.29, 0.717) is 24.8 Å². The van der Waals surface area contributed by atoms with Gasteiger partial charge in [0, 0.05) is 19.1 Å². The van der Waals surface area contributed by atoms with Crippen molar-refractivity contribution in [2.45, 2.75) is 25.8 Å². The summed E-state index contributed by atoms with van der Waals surface area (Å²) in [6.07, 6.45) is 2.15. The van der Waals surface area contributed by atoms with Gasteiger partial charge in [-0.2, -0.15) is 0 Å². The zero-order valence-corrected chi connectivity index (χ0v) is 12.0. The summed E-state index contributed by atoms with van der Waals surface area (Å²) in [5.74, 6) is -0.767. The van der Waals surface area contributed by atoms with Crippen LogP contribution >= 0.6 is 11.6 Å². The molecule has 0 radical (unpaired) electrons. The van der Waals surface area contributed by atoms with Crippen molar-refractivity contribution >= 4 is 23.0 Å². The predicted molar refractivity (Wildman–Crippen MR) is 77.0 cm³/mol. The quantitative estimate of drug-likeness (QED) is 0.671. The van der Waals surface area contributed by atoms with Crippen LogP contribution in [-0.2, 0) is 0 Å². The maximum Gasteiger partial charge on any atom is 0.295 e. The van der Waals surface area contributed by atoms with E-state index in [9.17, 15) is 14.5 Å². The van der Waals surface area contributed by atoms with Crippen LogP contribution < -0.4 is 10.2 Å². The van der Waals surface area contributed by atoms with Crippen LogP contribution in [0.1, 0.15) is 19.8 Å². The molecule has 1 aliphatic rings. The number of likely N-dealkylation sites (N-methyl/N-ethyl adjacent to an activating group) is 1. The number of nitrogens with one attached hydrogen (secondary N) is 1. The molecule has 1 unspecified atom stereocenters. The molecule has 1 saturated heterocycles. The fourth-order valence-corrected chi connectivity index (χ4v) is 2.66. The summed E-state index contributed by atoms with van der Waals surface area (Å²) >= 11 is 5.77. The molecule has 5 nitrogen and oxygen atoms in total. The van der Waals surface area contributed by atoms with Gasteiger partial charge in [-0.25, -0.2) is 4.39 Å². The molecule has 1 aromatic rings. The topological polar surface area (TPSA) is 58.4 Å². The Bertz CT molecular complexity index is 507. The molecule has 7 heteroatoms. The average molecular weight is 302 g/mol. The molecule has 0 saturated carbocycles. The van der Waals surface area contributed by atoms with Crippen LogP contribution in [-0.4, -0.2) is 30.6 Å². The van der Waals surface area contributed by atoms with Gasteiger partial charge < -0.3 is 10.2 Å². The van der Waals surface area contributed by atoms with E-state index in [2.05, 4.69) is 5.32 Å². The molecule has 0 aromatic heterocycles. The van der Waals surface area contributed by atoms with Gasteiger partial charge >= 0.3 is 0 Å². The number of halogens is 2. The van der Waals surface area contributed by atoms with Crippen LogP contribution in [0.5, 0.6) is 0 Å². The van der Waals surface area contributed by atoms with Crippen LogP contribution in [0.2, 0.25) is 5.02 Å². The summed E-state index contributed by atoms with van der Waals surface area (Å²) in [4.78, 5) is 12.4. The third kappa shape index (κ3) is 3.19. The van der Waals surface area contributed by atoms with E-state index in [4.69, 9.17) is 11.6 Å². The Kier molecular flexibility index (Phi) is 4.77. The van der Waals surface area contributed by atoms with E-state index in [1.807, 2.05) is 11.8 Å². The molecule has 1 aromatic carbocycles. The van der Waals surface area contributed by atoms with E-state index >= 15 is 0 Å². The second kappa shape index (κ2) is 6.37. The molecule has 110 valence electrons. The van der Waals surface area contributed by atoms with Gasteiger partial charge in [0.25, 0.3) is 5.69 Å². The minimum Gasteiger partial charge on any atom is -0.365 e. The van der Waals surface area contributed by atoms with Crippen molar-refractivity contribution < 1.29 is 9.31 Å². The molecular formula is C13H17ClFN3O2. The zero-order valence-electron chi connectivity index (χ0n) is 11.2. The number of hydrogen-bond acceptors (Lipinski definition) is 4. The van der Waals surface area contributed by atoms with Crippen LogP contribution in [0.3, 0.4) is 0 Å². The van der Waals surface area contributed by atoms with Gasteiger partial charge in [-0.3, -0.25) is 10.1 Å². The van der Waals surface area contributed by atoms with E-state index in [1.165, 1.54) is 6.07 Å². The zero-order chi connectivity index (χ0) is 14.7. The number of benzene rings is 1. The number of nitro groups is 1. The lowest BCUT2D eigenvalue weighted by atomic mass is 10.2. The molecule has 20 heavy (non-hydrogen) atoms. The van der Waals surface area contributed by atoms with E-state index in [1.54, 1.807) is 0 Å². The summed E-state index contributed by atoms with van der Waals surface area (Å²) in [5, 5.41) is 14.3. The molecule has 0 spiro atoms. The number of hydrogen-bond donors (Lipinski definition) is 1. The van der Waals surface area contributed by atoms with Crippen molar-refractivity contribution in [3.05, 3.63) is 33.1 Å². The lowest BCUT2D eigenvalue weighted by Gasteiger charge is -2.26. The van der Waals surface area contributed by atoms with Gasteiger partial charge in [-0.1, -0.05) is 11.6 Å². The van der Waals surface area contributed by atoms with Crippen molar-refractivity contribution in [2.24, 2.45) is 0 Å². The maximum atomic E-state index is 13.4. The van der Waals surface area contributed by atoms with Gasteiger partial charge in [0.2, 0.25) is 0 Å². The Labute approximate surface area is 121 Å². The summed E-state index contributed by atoms with van der Waals surface area (Å²) in [5.41, 5.74) is 0.129. The normalized spacial score (nSPS) is 18.2. The van der Waals surface area contributed by atoms with Gasteiger partial charge in [0.15, 0.2) is 0 Å².